The van der Waals surface area contributed by atoms with E-state index in [4.69, 9.17) is 5.73 Å². The molecule has 0 aliphatic heterocycles. The van der Waals surface area contributed by atoms with Gasteiger partial charge in [-0.1, -0.05) is 29.8 Å². The number of carbonyl (C=O) groups is 1. The molecule has 0 saturated heterocycles. The van der Waals surface area contributed by atoms with Gasteiger partial charge in [-0.2, -0.15) is 0 Å². The van der Waals surface area contributed by atoms with Gasteiger partial charge in [0.25, 0.3) is 0 Å². The van der Waals surface area contributed by atoms with E-state index in [0.717, 1.165) is 27.5 Å². The van der Waals surface area contributed by atoms with Gasteiger partial charge in [-0.05, 0) is 47.0 Å². The van der Waals surface area contributed by atoms with Crippen LogP contribution in [0.2, 0.25) is 0 Å². The van der Waals surface area contributed by atoms with E-state index in [1.807, 2.05) is 32.0 Å². The molecule has 5 heteroatoms. The fourth-order valence-corrected chi connectivity index (χ4v) is 2.51. The standard InChI is InChI=1S/C13H18Br2N2O/c1-3-13(4-2,8-16)12(18)17-11-7-9(14)5-6-10(11)15/h5-7H,3-4,8,16H2,1-2H3,(H,17,18). The summed E-state index contributed by atoms with van der Waals surface area (Å²) in [6.07, 6.45) is 1.47. The molecule has 0 unspecified atom stereocenters. The zero-order valence-electron chi connectivity index (χ0n) is 10.6. The average molecular weight is 378 g/mol. The number of rotatable bonds is 5. The molecule has 0 radical (unpaired) electrons. The Balaban J connectivity index is 2.96. The zero-order chi connectivity index (χ0) is 13.8. The van der Waals surface area contributed by atoms with E-state index < -0.39 is 5.41 Å². The number of halogens is 2. The van der Waals surface area contributed by atoms with Gasteiger partial charge in [-0.15, -0.1) is 0 Å². The second kappa shape index (κ2) is 6.68. The molecule has 1 aromatic carbocycles. The van der Waals surface area contributed by atoms with Gasteiger partial charge in [0.15, 0.2) is 0 Å². The van der Waals surface area contributed by atoms with Crippen molar-refractivity contribution >= 4 is 43.5 Å². The minimum Gasteiger partial charge on any atom is -0.329 e. The lowest BCUT2D eigenvalue weighted by Gasteiger charge is -2.28. The minimum absolute atomic E-state index is 0.0196. The lowest BCUT2D eigenvalue weighted by Crippen LogP contribution is -2.41. The van der Waals surface area contributed by atoms with E-state index in [0.29, 0.717) is 6.54 Å². The molecule has 18 heavy (non-hydrogen) atoms. The lowest BCUT2D eigenvalue weighted by molar-refractivity contribution is -0.125. The van der Waals surface area contributed by atoms with Crippen molar-refractivity contribution in [3.63, 3.8) is 0 Å². The number of amides is 1. The zero-order valence-corrected chi connectivity index (χ0v) is 13.8. The van der Waals surface area contributed by atoms with Crippen LogP contribution in [0.3, 0.4) is 0 Å². The highest BCUT2D eigenvalue weighted by Gasteiger charge is 2.33. The van der Waals surface area contributed by atoms with Crippen LogP contribution in [0.5, 0.6) is 0 Å². The summed E-state index contributed by atoms with van der Waals surface area (Å²) in [5, 5.41) is 2.95. The normalized spacial score (nSPS) is 11.4. The summed E-state index contributed by atoms with van der Waals surface area (Å²) in [6, 6.07) is 5.67. The number of nitrogens with one attached hydrogen (secondary N) is 1. The second-order valence-corrected chi connectivity index (χ2v) is 6.04. The molecule has 1 aromatic rings. The van der Waals surface area contributed by atoms with Crippen LogP contribution in [0.25, 0.3) is 0 Å². The summed E-state index contributed by atoms with van der Waals surface area (Å²) in [7, 11) is 0. The van der Waals surface area contributed by atoms with Crippen molar-refractivity contribution in [2.24, 2.45) is 11.1 Å². The number of nitrogens with two attached hydrogens (primary N) is 1. The van der Waals surface area contributed by atoms with Crippen molar-refractivity contribution in [3.05, 3.63) is 27.1 Å². The van der Waals surface area contributed by atoms with Crippen LogP contribution in [0.15, 0.2) is 27.1 Å². The van der Waals surface area contributed by atoms with Gasteiger partial charge in [0.1, 0.15) is 0 Å². The van der Waals surface area contributed by atoms with Gasteiger partial charge in [0.05, 0.1) is 11.1 Å². The molecule has 100 valence electrons. The maximum atomic E-state index is 12.4. The van der Waals surface area contributed by atoms with Crippen molar-refractivity contribution in [3.8, 4) is 0 Å². The largest absolute Gasteiger partial charge is 0.329 e. The fourth-order valence-electron chi connectivity index (χ4n) is 1.80. The maximum absolute atomic E-state index is 12.4. The van der Waals surface area contributed by atoms with Crippen molar-refractivity contribution in [1.82, 2.24) is 0 Å². The van der Waals surface area contributed by atoms with Crippen molar-refractivity contribution < 1.29 is 4.79 Å². The number of benzene rings is 1. The molecular formula is C13H18Br2N2O. The van der Waals surface area contributed by atoms with E-state index in [-0.39, 0.29) is 5.91 Å². The van der Waals surface area contributed by atoms with E-state index in [2.05, 4.69) is 37.2 Å². The Labute approximate surface area is 125 Å². The quantitative estimate of drug-likeness (QED) is 0.817. The first kappa shape index (κ1) is 15.7. The van der Waals surface area contributed by atoms with Crippen LogP contribution in [0.4, 0.5) is 5.69 Å². The molecule has 0 heterocycles. The summed E-state index contributed by atoms with van der Waals surface area (Å²) in [6.45, 7) is 4.34. The molecular weight excluding hydrogens is 360 g/mol. The van der Waals surface area contributed by atoms with Crippen LogP contribution in [-0.2, 0) is 4.79 Å². The number of hydrogen-bond donors (Lipinski definition) is 2. The first-order valence-corrected chi connectivity index (χ1v) is 7.54. The molecule has 0 bridgehead atoms. The smallest absolute Gasteiger partial charge is 0.231 e. The predicted octanol–water partition coefficient (Wildman–Crippen LogP) is 3.92. The number of hydrogen-bond acceptors (Lipinski definition) is 2. The lowest BCUT2D eigenvalue weighted by atomic mass is 9.81. The van der Waals surface area contributed by atoms with Crippen molar-refractivity contribution in [1.29, 1.82) is 0 Å². The van der Waals surface area contributed by atoms with E-state index >= 15 is 0 Å². The van der Waals surface area contributed by atoms with Gasteiger partial charge < -0.3 is 11.1 Å². The minimum atomic E-state index is -0.484. The second-order valence-electron chi connectivity index (χ2n) is 4.27. The summed E-state index contributed by atoms with van der Waals surface area (Å²) in [5.41, 5.74) is 6.04. The van der Waals surface area contributed by atoms with Gasteiger partial charge in [0, 0.05) is 15.5 Å². The SMILES string of the molecule is CCC(CC)(CN)C(=O)Nc1cc(Br)ccc1Br. The topological polar surface area (TPSA) is 55.1 Å². The molecule has 0 aliphatic carbocycles. The highest BCUT2D eigenvalue weighted by Crippen LogP contribution is 2.30. The summed E-state index contributed by atoms with van der Waals surface area (Å²) < 4.78 is 1.78. The van der Waals surface area contributed by atoms with Crippen LogP contribution in [0.1, 0.15) is 26.7 Å². The third-order valence-corrected chi connectivity index (χ3v) is 4.59. The number of carbonyl (C=O) groups excluding carboxylic acids is 1. The van der Waals surface area contributed by atoms with Gasteiger partial charge in [-0.3, -0.25) is 4.79 Å². The highest BCUT2D eigenvalue weighted by atomic mass is 79.9. The maximum Gasteiger partial charge on any atom is 0.231 e. The average Bonchev–Trinajstić information content (AvgIpc) is 2.37. The molecule has 1 amide bonds. The fraction of sp³-hybridized carbons (Fsp3) is 0.462. The first-order chi connectivity index (χ1) is 8.49. The monoisotopic (exact) mass is 376 g/mol. The Morgan fingerprint density at radius 1 is 1.33 bits per heavy atom. The molecule has 0 aromatic heterocycles. The summed E-state index contributed by atoms with van der Waals surface area (Å²) in [4.78, 5) is 12.4. The molecule has 0 spiro atoms. The number of anilines is 1. The van der Waals surface area contributed by atoms with E-state index in [1.165, 1.54) is 0 Å². The van der Waals surface area contributed by atoms with Crippen LogP contribution < -0.4 is 11.1 Å². The van der Waals surface area contributed by atoms with Gasteiger partial charge >= 0.3 is 0 Å². The Morgan fingerprint density at radius 3 is 2.44 bits per heavy atom. The summed E-state index contributed by atoms with van der Waals surface area (Å²) in [5.74, 6) is -0.0196. The van der Waals surface area contributed by atoms with Crippen molar-refractivity contribution in [2.45, 2.75) is 26.7 Å². The highest BCUT2D eigenvalue weighted by molar-refractivity contribution is 9.11. The Bertz CT molecular complexity index is 423. The van der Waals surface area contributed by atoms with E-state index in [9.17, 15) is 4.79 Å². The Hall–Kier alpha value is -0.390. The van der Waals surface area contributed by atoms with Gasteiger partial charge in [-0.25, -0.2) is 0 Å². The summed E-state index contributed by atoms with van der Waals surface area (Å²) >= 11 is 6.82. The third kappa shape index (κ3) is 3.33. The molecule has 3 N–H and O–H groups in total. The van der Waals surface area contributed by atoms with Crippen molar-refractivity contribution in [2.75, 3.05) is 11.9 Å². The Kier molecular flexibility index (Phi) is 5.82. The van der Waals surface area contributed by atoms with Crippen LogP contribution in [0, 0.1) is 5.41 Å². The molecule has 0 saturated carbocycles. The molecule has 3 nitrogen and oxygen atoms in total. The van der Waals surface area contributed by atoms with Crippen LogP contribution >= 0.6 is 31.9 Å². The first-order valence-electron chi connectivity index (χ1n) is 5.95. The van der Waals surface area contributed by atoms with Gasteiger partial charge in [0.2, 0.25) is 5.91 Å². The third-order valence-electron chi connectivity index (χ3n) is 3.40. The Morgan fingerprint density at radius 2 is 1.94 bits per heavy atom. The predicted molar refractivity (Wildman–Crippen MR) is 82.5 cm³/mol. The molecule has 0 aliphatic rings. The van der Waals surface area contributed by atoms with Crippen LogP contribution in [-0.4, -0.2) is 12.5 Å². The van der Waals surface area contributed by atoms with E-state index in [1.54, 1.807) is 0 Å². The molecule has 0 atom stereocenters. The molecule has 1 rings (SSSR count). The molecule has 0 fully saturated rings.